The molecule has 0 aliphatic heterocycles. The highest BCUT2D eigenvalue weighted by molar-refractivity contribution is 5.69. The van der Waals surface area contributed by atoms with Crippen LogP contribution in [0, 0.1) is 11.8 Å². The summed E-state index contributed by atoms with van der Waals surface area (Å²) in [5.41, 5.74) is 2.13. The average Bonchev–Trinajstić information content (AvgIpc) is 2.48. The number of esters is 1. The number of benzene rings is 1. The molecular weight excluding hydrogens is 252 g/mol. The third-order valence-electron chi connectivity index (χ3n) is 2.76. The molecule has 106 valence electrons. The number of allylic oxidation sites excluding steroid dienone is 1. The maximum Gasteiger partial charge on any atom is 0.305 e. The quantitative estimate of drug-likeness (QED) is 0.374. The Bertz CT molecular complexity index is 506. The normalized spacial score (nSPS) is 10.1. The molecule has 0 aliphatic rings. The van der Waals surface area contributed by atoms with Crippen LogP contribution in [0.5, 0.6) is 0 Å². The molecule has 0 radical (unpaired) electrons. The molecule has 0 fully saturated rings. The molecule has 3 nitrogen and oxygen atoms in total. The number of carbonyl (C=O) groups excluding carboxylic acids is 1. The van der Waals surface area contributed by atoms with Crippen molar-refractivity contribution in [2.24, 2.45) is 0 Å². The van der Waals surface area contributed by atoms with Crippen LogP contribution in [0.4, 0.5) is 0 Å². The molecule has 1 rings (SSSR count). The largest absolute Gasteiger partial charge is 0.469 e. The van der Waals surface area contributed by atoms with E-state index in [1.165, 1.54) is 7.11 Å². The highest BCUT2D eigenvalue weighted by Gasteiger charge is 1.98. The molecule has 1 aromatic carbocycles. The van der Waals surface area contributed by atoms with E-state index < -0.39 is 0 Å². The van der Waals surface area contributed by atoms with Gasteiger partial charge in [-0.25, -0.2) is 0 Å². The van der Waals surface area contributed by atoms with Crippen LogP contribution in [0.25, 0.3) is 0 Å². The number of unbranched alkanes of at least 4 members (excludes halogenated alkanes) is 1. The molecule has 3 heteroatoms. The van der Waals surface area contributed by atoms with Crippen molar-refractivity contribution in [1.82, 2.24) is 0 Å². The zero-order chi connectivity index (χ0) is 14.6. The Labute approximate surface area is 120 Å². The second-order valence-corrected chi connectivity index (χ2v) is 4.25. The first-order valence-corrected chi connectivity index (χ1v) is 6.67. The van der Waals surface area contributed by atoms with Crippen molar-refractivity contribution in [3.8, 4) is 11.8 Å². The second-order valence-electron chi connectivity index (χ2n) is 4.25. The summed E-state index contributed by atoms with van der Waals surface area (Å²) in [6.07, 6.45) is 6.21. The molecule has 0 saturated heterocycles. The highest BCUT2D eigenvalue weighted by Crippen LogP contribution is 2.09. The van der Waals surface area contributed by atoms with Crippen molar-refractivity contribution in [3.05, 3.63) is 47.5 Å². The van der Waals surface area contributed by atoms with Gasteiger partial charge in [-0.3, -0.25) is 4.79 Å². The van der Waals surface area contributed by atoms with Crippen LogP contribution < -0.4 is 0 Å². The lowest BCUT2D eigenvalue weighted by Crippen LogP contribution is -1.98. The van der Waals surface area contributed by atoms with E-state index in [4.69, 9.17) is 5.11 Å². The lowest BCUT2D eigenvalue weighted by molar-refractivity contribution is -0.140. The lowest BCUT2D eigenvalue weighted by atomic mass is 10.0. The minimum Gasteiger partial charge on any atom is -0.469 e. The molecule has 0 bridgehead atoms. The fourth-order valence-corrected chi connectivity index (χ4v) is 1.69. The standard InChI is InChI=1S/C17H20O3/c1-20-17(19)13-4-2-3-9-15-10-5-6-11-16(15)12-7-8-14-18/h5-8,10-11,18H,2,4,12-14H2,1H3/b8-7+. The number of hydrogen-bond acceptors (Lipinski definition) is 3. The Morgan fingerprint density at radius 1 is 1.35 bits per heavy atom. The molecule has 0 aromatic heterocycles. The molecule has 1 aromatic rings. The second kappa shape index (κ2) is 9.82. The summed E-state index contributed by atoms with van der Waals surface area (Å²) in [6, 6.07) is 7.94. The van der Waals surface area contributed by atoms with Gasteiger partial charge in [0.1, 0.15) is 0 Å². The molecule has 0 spiro atoms. The predicted octanol–water partition coefficient (Wildman–Crippen LogP) is 2.47. The number of carbonyl (C=O) groups is 1. The smallest absolute Gasteiger partial charge is 0.305 e. The zero-order valence-corrected chi connectivity index (χ0v) is 11.8. The summed E-state index contributed by atoms with van der Waals surface area (Å²) in [6.45, 7) is 0.0569. The van der Waals surface area contributed by atoms with E-state index in [1.807, 2.05) is 30.3 Å². The van der Waals surface area contributed by atoms with Crippen LogP contribution in [0.15, 0.2) is 36.4 Å². The number of aliphatic hydroxyl groups excluding tert-OH is 1. The van der Waals surface area contributed by atoms with E-state index in [9.17, 15) is 4.79 Å². The summed E-state index contributed by atoms with van der Waals surface area (Å²) >= 11 is 0. The Morgan fingerprint density at radius 2 is 2.15 bits per heavy atom. The molecular formula is C17H20O3. The summed E-state index contributed by atoms with van der Waals surface area (Å²) in [5.74, 6) is 6.02. The van der Waals surface area contributed by atoms with Crippen molar-refractivity contribution in [1.29, 1.82) is 0 Å². The Kier molecular flexibility index (Phi) is 7.86. The lowest BCUT2D eigenvalue weighted by Gasteiger charge is -2.00. The third-order valence-corrected chi connectivity index (χ3v) is 2.76. The van der Waals surface area contributed by atoms with E-state index in [0.29, 0.717) is 19.3 Å². The fraction of sp³-hybridized carbons (Fsp3) is 0.353. The molecule has 0 atom stereocenters. The van der Waals surface area contributed by atoms with Crippen molar-refractivity contribution in [2.75, 3.05) is 13.7 Å². The summed E-state index contributed by atoms with van der Waals surface area (Å²) < 4.78 is 4.57. The Morgan fingerprint density at radius 3 is 2.90 bits per heavy atom. The van der Waals surface area contributed by atoms with Gasteiger partial charge in [0.05, 0.1) is 13.7 Å². The molecule has 0 heterocycles. The van der Waals surface area contributed by atoms with Crippen molar-refractivity contribution >= 4 is 5.97 Å². The first-order valence-electron chi connectivity index (χ1n) is 6.67. The van der Waals surface area contributed by atoms with E-state index in [0.717, 1.165) is 17.5 Å². The highest BCUT2D eigenvalue weighted by atomic mass is 16.5. The van der Waals surface area contributed by atoms with Crippen LogP contribution in [-0.4, -0.2) is 24.8 Å². The predicted molar refractivity (Wildman–Crippen MR) is 79.1 cm³/mol. The SMILES string of the molecule is COC(=O)CCCC#Cc1ccccc1C/C=C/CO. The first kappa shape index (κ1) is 16.0. The average molecular weight is 272 g/mol. The van der Waals surface area contributed by atoms with Crippen LogP contribution in [-0.2, 0) is 16.0 Å². The van der Waals surface area contributed by atoms with Gasteiger partial charge in [-0.05, 0) is 24.5 Å². The fourth-order valence-electron chi connectivity index (χ4n) is 1.69. The number of hydrogen-bond donors (Lipinski definition) is 1. The van der Waals surface area contributed by atoms with Gasteiger partial charge in [-0.15, -0.1) is 0 Å². The maximum absolute atomic E-state index is 10.9. The summed E-state index contributed by atoms with van der Waals surface area (Å²) in [7, 11) is 1.39. The van der Waals surface area contributed by atoms with E-state index in [1.54, 1.807) is 6.08 Å². The van der Waals surface area contributed by atoms with Gasteiger partial charge in [-0.2, -0.15) is 0 Å². The van der Waals surface area contributed by atoms with Crippen LogP contribution in [0.1, 0.15) is 30.4 Å². The summed E-state index contributed by atoms with van der Waals surface area (Å²) in [4.78, 5) is 10.9. The van der Waals surface area contributed by atoms with E-state index in [-0.39, 0.29) is 12.6 Å². The van der Waals surface area contributed by atoms with Crippen molar-refractivity contribution < 1.29 is 14.6 Å². The van der Waals surface area contributed by atoms with Gasteiger partial charge in [0.15, 0.2) is 0 Å². The van der Waals surface area contributed by atoms with E-state index in [2.05, 4.69) is 16.6 Å². The van der Waals surface area contributed by atoms with Crippen molar-refractivity contribution in [2.45, 2.75) is 25.7 Å². The van der Waals surface area contributed by atoms with Crippen LogP contribution in [0.2, 0.25) is 0 Å². The first-order chi connectivity index (χ1) is 9.77. The number of aliphatic hydroxyl groups is 1. The molecule has 0 amide bonds. The Hall–Kier alpha value is -2.05. The minimum atomic E-state index is -0.193. The van der Waals surface area contributed by atoms with Gasteiger partial charge >= 0.3 is 5.97 Å². The van der Waals surface area contributed by atoms with Crippen LogP contribution in [0.3, 0.4) is 0 Å². The molecule has 0 unspecified atom stereocenters. The van der Waals surface area contributed by atoms with Gasteiger partial charge in [0.2, 0.25) is 0 Å². The third kappa shape index (κ3) is 6.21. The van der Waals surface area contributed by atoms with Gasteiger partial charge in [0.25, 0.3) is 0 Å². The molecule has 1 N–H and O–H groups in total. The molecule has 20 heavy (non-hydrogen) atoms. The van der Waals surface area contributed by atoms with E-state index >= 15 is 0 Å². The molecule has 0 aliphatic carbocycles. The van der Waals surface area contributed by atoms with Gasteiger partial charge in [0, 0.05) is 18.4 Å². The Balaban J connectivity index is 2.54. The molecule has 0 saturated carbocycles. The zero-order valence-electron chi connectivity index (χ0n) is 11.8. The minimum absolute atomic E-state index is 0.0569. The summed E-state index contributed by atoms with van der Waals surface area (Å²) in [5, 5.41) is 8.73. The van der Waals surface area contributed by atoms with Crippen molar-refractivity contribution in [3.63, 3.8) is 0 Å². The number of methoxy groups -OCH3 is 1. The number of rotatable bonds is 6. The topological polar surface area (TPSA) is 46.5 Å². The maximum atomic E-state index is 10.9. The van der Waals surface area contributed by atoms with Gasteiger partial charge in [-0.1, -0.05) is 42.2 Å². The number of ether oxygens (including phenoxy) is 1. The van der Waals surface area contributed by atoms with Crippen LogP contribution >= 0.6 is 0 Å². The monoisotopic (exact) mass is 272 g/mol. The van der Waals surface area contributed by atoms with Gasteiger partial charge < -0.3 is 9.84 Å².